The molecule has 2 unspecified atom stereocenters. The van der Waals surface area contributed by atoms with Crippen molar-refractivity contribution in [1.82, 2.24) is 15.1 Å². The molecule has 1 amide bonds. The molecule has 104 valence electrons. The molecule has 2 rings (SSSR count). The molecule has 0 aromatic rings. The maximum atomic E-state index is 12.2. The molecule has 2 atom stereocenters. The van der Waals surface area contributed by atoms with Crippen molar-refractivity contribution in [3.8, 4) is 0 Å². The summed E-state index contributed by atoms with van der Waals surface area (Å²) in [5.74, 6) is 0.960. The van der Waals surface area contributed by atoms with Gasteiger partial charge in [-0.2, -0.15) is 0 Å². The quantitative estimate of drug-likeness (QED) is 0.754. The summed E-state index contributed by atoms with van der Waals surface area (Å²) in [7, 11) is 1.99. The molecular weight excluding hydrogens is 230 g/mol. The maximum absolute atomic E-state index is 12.2. The topological polar surface area (TPSA) is 44.8 Å². The Morgan fingerprint density at radius 1 is 1.39 bits per heavy atom. The highest BCUT2D eigenvalue weighted by Crippen LogP contribution is 2.15. The molecule has 0 aliphatic carbocycles. The first kappa shape index (κ1) is 13.8. The van der Waals surface area contributed by atoms with Crippen molar-refractivity contribution in [2.45, 2.75) is 19.4 Å². The summed E-state index contributed by atoms with van der Waals surface area (Å²) in [6, 6.07) is 0. The highest BCUT2D eigenvalue weighted by atomic mass is 16.5. The summed E-state index contributed by atoms with van der Waals surface area (Å²) >= 11 is 0. The van der Waals surface area contributed by atoms with Gasteiger partial charge < -0.3 is 15.0 Å². The fourth-order valence-corrected chi connectivity index (χ4v) is 2.85. The van der Waals surface area contributed by atoms with E-state index in [0.717, 1.165) is 32.7 Å². The summed E-state index contributed by atoms with van der Waals surface area (Å²) in [6.45, 7) is 7.92. The van der Waals surface area contributed by atoms with Crippen molar-refractivity contribution in [3.63, 3.8) is 0 Å². The second-order valence-corrected chi connectivity index (χ2v) is 5.47. The van der Waals surface area contributed by atoms with Gasteiger partial charge >= 0.3 is 0 Å². The summed E-state index contributed by atoms with van der Waals surface area (Å²) in [5, 5.41) is 3.21. The number of amides is 1. The Kier molecular flexibility index (Phi) is 4.97. The number of carbonyl (C=O) groups excluding carboxylic acids is 1. The van der Waals surface area contributed by atoms with Crippen LogP contribution in [-0.2, 0) is 9.53 Å². The van der Waals surface area contributed by atoms with Crippen molar-refractivity contribution in [2.24, 2.45) is 5.92 Å². The normalized spacial score (nSPS) is 29.8. The van der Waals surface area contributed by atoms with E-state index in [4.69, 9.17) is 4.74 Å². The van der Waals surface area contributed by atoms with E-state index in [0.29, 0.717) is 19.1 Å². The zero-order chi connectivity index (χ0) is 13.0. The molecule has 2 heterocycles. The molecule has 0 aromatic carbocycles. The Bertz CT molecular complexity index is 285. The van der Waals surface area contributed by atoms with E-state index in [2.05, 4.69) is 10.2 Å². The van der Waals surface area contributed by atoms with Gasteiger partial charge in [-0.25, -0.2) is 0 Å². The molecule has 2 aliphatic rings. The average molecular weight is 255 g/mol. The van der Waals surface area contributed by atoms with Gasteiger partial charge in [0.05, 0.1) is 19.3 Å². The lowest BCUT2D eigenvalue weighted by Gasteiger charge is -2.32. The Labute approximate surface area is 109 Å². The van der Waals surface area contributed by atoms with Crippen molar-refractivity contribution in [1.29, 1.82) is 0 Å². The minimum Gasteiger partial charge on any atom is -0.375 e. The van der Waals surface area contributed by atoms with Crippen LogP contribution in [0.2, 0.25) is 0 Å². The minimum atomic E-state index is 0.179. The van der Waals surface area contributed by atoms with E-state index in [-0.39, 0.29) is 12.0 Å². The zero-order valence-electron chi connectivity index (χ0n) is 11.5. The number of likely N-dealkylation sites (tertiary alicyclic amines) is 1. The fourth-order valence-electron chi connectivity index (χ4n) is 2.85. The standard InChI is InChI=1S/C13H25N3O2/c1-11-8-16(5-6-18-11)13(17)10-15-4-3-12(9-15)7-14-2/h11-12,14H,3-10H2,1-2H3. The van der Waals surface area contributed by atoms with Gasteiger partial charge in [0.25, 0.3) is 0 Å². The average Bonchev–Trinajstić information content (AvgIpc) is 2.77. The number of hydrogen-bond acceptors (Lipinski definition) is 4. The summed E-state index contributed by atoms with van der Waals surface area (Å²) in [5.41, 5.74) is 0. The minimum absolute atomic E-state index is 0.179. The van der Waals surface area contributed by atoms with Crippen LogP contribution in [0.15, 0.2) is 0 Å². The second-order valence-electron chi connectivity index (χ2n) is 5.47. The van der Waals surface area contributed by atoms with Crippen LogP contribution in [0, 0.1) is 5.92 Å². The van der Waals surface area contributed by atoms with Crippen molar-refractivity contribution < 1.29 is 9.53 Å². The number of ether oxygens (including phenoxy) is 1. The van der Waals surface area contributed by atoms with Crippen LogP contribution in [0.5, 0.6) is 0 Å². The molecule has 5 nitrogen and oxygen atoms in total. The van der Waals surface area contributed by atoms with Gasteiger partial charge in [0, 0.05) is 19.6 Å². The predicted octanol–water partition coefficient (Wildman–Crippen LogP) is -0.225. The third-order valence-corrected chi connectivity index (χ3v) is 3.82. The molecule has 5 heteroatoms. The predicted molar refractivity (Wildman–Crippen MR) is 70.5 cm³/mol. The lowest BCUT2D eigenvalue weighted by molar-refractivity contribution is -0.139. The monoisotopic (exact) mass is 255 g/mol. The summed E-state index contributed by atoms with van der Waals surface area (Å²) in [6.07, 6.45) is 1.38. The third kappa shape index (κ3) is 3.67. The highest BCUT2D eigenvalue weighted by Gasteiger charge is 2.27. The highest BCUT2D eigenvalue weighted by molar-refractivity contribution is 5.78. The fraction of sp³-hybridized carbons (Fsp3) is 0.923. The van der Waals surface area contributed by atoms with E-state index in [9.17, 15) is 4.79 Å². The van der Waals surface area contributed by atoms with Gasteiger partial charge in [-0.15, -0.1) is 0 Å². The number of morpholine rings is 1. The largest absolute Gasteiger partial charge is 0.375 e. The first-order valence-electron chi connectivity index (χ1n) is 6.95. The van der Waals surface area contributed by atoms with Crippen LogP contribution in [0.1, 0.15) is 13.3 Å². The van der Waals surface area contributed by atoms with E-state index < -0.39 is 0 Å². The third-order valence-electron chi connectivity index (χ3n) is 3.82. The Hall–Kier alpha value is -0.650. The van der Waals surface area contributed by atoms with E-state index >= 15 is 0 Å². The van der Waals surface area contributed by atoms with E-state index in [1.807, 2.05) is 18.9 Å². The maximum Gasteiger partial charge on any atom is 0.236 e. The number of rotatable bonds is 4. The summed E-state index contributed by atoms with van der Waals surface area (Å²) < 4.78 is 5.46. The SMILES string of the molecule is CNCC1CCN(CC(=O)N2CCOC(C)C2)C1. The first-order chi connectivity index (χ1) is 8.69. The molecule has 0 spiro atoms. The Morgan fingerprint density at radius 3 is 2.94 bits per heavy atom. The first-order valence-corrected chi connectivity index (χ1v) is 6.95. The lowest BCUT2D eigenvalue weighted by atomic mass is 10.1. The second kappa shape index (κ2) is 6.50. The molecule has 2 saturated heterocycles. The number of nitrogens with zero attached hydrogens (tertiary/aromatic N) is 2. The van der Waals surface area contributed by atoms with Crippen molar-refractivity contribution >= 4 is 5.91 Å². The lowest BCUT2D eigenvalue weighted by Crippen LogP contribution is -2.48. The van der Waals surface area contributed by atoms with Crippen LogP contribution in [0.4, 0.5) is 0 Å². The van der Waals surface area contributed by atoms with Crippen molar-refractivity contribution in [2.75, 3.05) is 52.9 Å². The van der Waals surface area contributed by atoms with E-state index in [1.165, 1.54) is 6.42 Å². The van der Waals surface area contributed by atoms with Crippen LogP contribution < -0.4 is 5.32 Å². The molecule has 0 saturated carbocycles. The molecule has 0 radical (unpaired) electrons. The molecule has 1 N–H and O–H groups in total. The van der Waals surface area contributed by atoms with Gasteiger partial charge in [0.15, 0.2) is 0 Å². The number of carbonyl (C=O) groups is 1. The van der Waals surface area contributed by atoms with Gasteiger partial charge in [-0.3, -0.25) is 9.69 Å². The number of hydrogen-bond donors (Lipinski definition) is 1. The van der Waals surface area contributed by atoms with Gasteiger partial charge in [-0.05, 0) is 39.4 Å². The van der Waals surface area contributed by atoms with Crippen LogP contribution >= 0.6 is 0 Å². The molecule has 0 aromatic heterocycles. The Morgan fingerprint density at radius 2 is 2.22 bits per heavy atom. The smallest absolute Gasteiger partial charge is 0.236 e. The molecule has 2 fully saturated rings. The molecule has 2 aliphatic heterocycles. The van der Waals surface area contributed by atoms with Crippen molar-refractivity contribution in [3.05, 3.63) is 0 Å². The van der Waals surface area contributed by atoms with Gasteiger partial charge in [0.1, 0.15) is 0 Å². The van der Waals surface area contributed by atoms with Gasteiger partial charge in [-0.1, -0.05) is 0 Å². The molecule has 18 heavy (non-hydrogen) atoms. The molecule has 0 bridgehead atoms. The zero-order valence-corrected chi connectivity index (χ0v) is 11.5. The molecular formula is C13H25N3O2. The number of nitrogens with one attached hydrogen (secondary N) is 1. The van der Waals surface area contributed by atoms with Gasteiger partial charge in [0.2, 0.25) is 5.91 Å². The van der Waals surface area contributed by atoms with Crippen LogP contribution in [0.3, 0.4) is 0 Å². The Balaban J connectivity index is 1.74. The summed E-state index contributed by atoms with van der Waals surface area (Å²) in [4.78, 5) is 16.4. The van der Waals surface area contributed by atoms with Crippen LogP contribution in [-0.4, -0.2) is 74.7 Å². The van der Waals surface area contributed by atoms with E-state index in [1.54, 1.807) is 0 Å². The van der Waals surface area contributed by atoms with Crippen LogP contribution in [0.25, 0.3) is 0 Å².